The molecule has 0 aromatic heterocycles. The zero-order valence-corrected chi connectivity index (χ0v) is 15.3. The lowest BCUT2D eigenvalue weighted by molar-refractivity contribution is -0.137. The SMILES string of the molecule is CC(Nc1cc2cc(Br)ccc2cc1OCc1ccccc1)C(=O)O. The van der Waals surface area contributed by atoms with Gasteiger partial charge in [-0.3, -0.25) is 4.79 Å². The average Bonchev–Trinajstić information content (AvgIpc) is 2.60. The van der Waals surface area contributed by atoms with Crippen molar-refractivity contribution < 1.29 is 14.6 Å². The second-order valence-electron chi connectivity index (χ2n) is 5.82. The minimum atomic E-state index is -0.914. The van der Waals surface area contributed by atoms with Crippen molar-refractivity contribution in [2.45, 2.75) is 19.6 Å². The quantitative estimate of drug-likeness (QED) is 0.607. The summed E-state index contributed by atoms with van der Waals surface area (Å²) in [6, 6.07) is 19.0. The van der Waals surface area contributed by atoms with Gasteiger partial charge in [0.2, 0.25) is 0 Å². The van der Waals surface area contributed by atoms with Gasteiger partial charge in [-0.25, -0.2) is 0 Å². The Bertz CT molecular complexity index is 896. The van der Waals surface area contributed by atoms with E-state index in [-0.39, 0.29) is 0 Å². The van der Waals surface area contributed by atoms with Crippen LogP contribution in [-0.2, 0) is 11.4 Å². The number of carboxylic acids is 1. The molecule has 0 bridgehead atoms. The van der Waals surface area contributed by atoms with E-state index in [4.69, 9.17) is 4.74 Å². The Morgan fingerprint density at radius 3 is 2.60 bits per heavy atom. The lowest BCUT2D eigenvalue weighted by Crippen LogP contribution is -2.25. The summed E-state index contributed by atoms with van der Waals surface area (Å²) in [5.74, 6) is -0.282. The molecule has 3 aromatic carbocycles. The van der Waals surface area contributed by atoms with Crippen LogP contribution in [0.3, 0.4) is 0 Å². The number of halogens is 1. The number of benzene rings is 3. The van der Waals surface area contributed by atoms with Crippen LogP contribution in [0.2, 0.25) is 0 Å². The Kier molecular flexibility index (Phi) is 5.24. The summed E-state index contributed by atoms with van der Waals surface area (Å²) < 4.78 is 6.94. The Labute approximate surface area is 154 Å². The highest BCUT2D eigenvalue weighted by Crippen LogP contribution is 2.33. The molecular weight excluding hydrogens is 382 g/mol. The smallest absolute Gasteiger partial charge is 0.325 e. The van der Waals surface area contributed by atoms with Crippen molar-refractivity contribution in [1.29, 1.82) is 0 Å². The first-order valence-electron chi connectivity index (χ1n) is 7.92. The molecule has 0 aliphatic rings. The third kappa shape index (κ3) is 4.31. The van der Waals surface area contributed by atoms with Crippen molar-refractivity contribution in [2.75, 3.05) is 5.32 Å². The van der Waals surface area contributed by atoms with Gasteiger partial charge >= 0.3 is 5.97 Å². The molecule has 1 unspecified atom stereocenters. The fourth-order valence-electron chi connectivity index (χ4n) is 2.51. The Morgan fingerprint density at radius 2 is 1.88 bits per heavy atom. The zero-order valence-electron chi connectivity index (χ0n) is 13.7. The minimum Gasteiger partial charge on any atom is -0.487 e. The lowest BCUT2D eigenvalue weighted by atomic mass is 10.1. The molecule has 0 radical (unpaired) electrons. The molecule has 0 aliphatic heterocycles. The number of fused-ring (bicyclic) bond motifs is 1. The summed E-state index contributed by atoms with van der Waals surface area (Å²) >= 11 is 3.47. The third-order valence-electron chi connectivity index (χ3n) is 3.88. The first-order valence-corrected chi connectivity index (χ1v) is 8.71. The number of nitrogens with one attached hydrogen (secondary N) is 1. The van der Waals surface area contributed by atoms with Gasteiger partial charge in [-0.2, -0.15) is 0 Å². The summed E-state index contributed by atoms with van der Waals surface area (Å²) in [5, 5.41) is 14.2. The molecule has 3 rings (SSSR count). The number of hydrogen-bond acceptors (Lipinski definition) is 3. The topological polar surface area (TPSA) is 58.6 Å². The molecule has 0 saturated carbocycles. The van der Waals surface area contributed by atoms with Crippen molar-refractivity contribution in [2.24, 2.45) is 0 Å². The molecule has 0 spiro atoms. The highest BCUT2D eigenvalue weighted by atomic mass is 79.9. The van der Waals surface area contributed by atoms with Crippen LogP contribution >= 0.6 is 15.9 Å². The second-order valence-corrected chi connectivity index (χ2v) is 6.73. The predicted molar refractivity (Wildman–Crippen MR) is 103 cm³/mol. The standard InChI is InChI=1S/C20H18BrNO3/c1-13(20(23)24)22-18-10-16-9-17(21)8-7-15(16)11-19(18)25-12-14-5-3-2-4-6-14/h2-11,13,22H,12H2,1H3,(H,23,24). The van der Waals surface area contributed by atoms with Crippen LogP contribution in [0.5, 0.6) is 5.75 Å². The van der Waals surface area contributed by atoms with Gasteiger partial charge in [-0.1, -0.05) is 52.3 Å². The molecule has 25 heavy (non-hydrogen) atoms. The van der Waals surface area contributed by atoms with Gasteiger partial charge in [-0.05, 0) is 47.5 Å². The monoisotopic (exact) mass is 399 g/mol. The molecule has 1 atom stereocenters. The number of ether oxygens (including phenoxy) is 1. The minimum absolute atomic E-state index is 0.416. The van der Waals surface area contributed by atoms with Gasteiger partial charge in [0, 0.05) is 4.47 Å². The predicted octanol–water partition coefficient (Wildman–Crippen LogP) is 5.07. The van der Waals surface area contributed by atoms with Crippen molar-refractivity contribution in [3.8, 4) is 5.75 Å². The summed E-state index contributed by atoms with van der Waals surface area (Å²) in [4.78, 5) is 11.2. The fourth-order valence-corrected chi connectivity index (χ4v) is 2.89. The first-order chi connectivity index (χ1) is 12.0. The molecule has 5 heteroatoms. The van der Waals surface area contributed by atoms with E-state index >= 15 is 0 Å². The number of carboxylic acid groups (broad SMARTS) is 1. The van der Waals surface area contributed by atoms with Crippen molar-refractivity contribution in [3.05, 3.63) is 70.7 Å². The summed E-state index contributed by atoms with van der Waals surface area (Å²) in [6.45, 7) is 2.02. The van der Waals surface area contributed by atoms with Gasteiger partial charge < -0.3 is 15.2 Å². The van der Waals surface area contributed by atoms with Gasteiger partial charge in [0.15, 0.2) is 0 Å². The van der Waals surface area contributed by atoms with Crippen LogP contribution in [0, 0.1) is 0 Å². The Hall–Kier alpha value is -2.53. The van der Waals surface area contributed by atoms with Gasteiger partial charge in [-0.15, -0.1) is 0 Å². The van der Waals surface area contributed by atoms with E-state index in [9.17, 15) is 9.90 Å². The van der Waals surface area contributed by atoms with Gasteiger partial charge in [0.1, 0.15) is 18.4 Å². The molecule has 4 nitrogen and oxygen atoms in total. The van der Waals surface area contributed by atoms with E-state index in [0.29, 0.717) is 18.0 Å². The molecule has 3 aromatic rings. The van der Waals surface area contributed by atoms with Gasteiger partial charge in [0.05, 0.1) is 5.69 Å². The van der Waals surface area contributed by atoms with E-state index < -0.39 is 12.0 Å². The van der Waals surface area contributed by atoms with Crippen molar-refractivity contribution in [3.63, 3.8) is 0 Å². The van der Waals surface area contributed by atoms with E-state index in [1.807, 2.05) is 60.7 Å². The highest BCUT2D eigenvalue weighted by Gasteiger charge is 2.14. The number of rotatable bonds is 6. The summed E-state index contributed by atoms with van der Waals surface area (Å²) in [5.41, 5.74) is 1.71. The van der Waals surface area contributed by atoms with E-state index in [2.05, 4.69) is 21.2 Å². The maximum atomic E-state index is 11.2. The zero-order chi connectivity index (χ0) is 17.8. The second kappa shape index (κ2) is 7.57. The molecule has 2 N–H and O–H groups in total. The molecule has 0 amide bonds. The molecule has 0 saturated heterocycles. The van der Waals surface area contributed by atoms with Crippen LogP contribution in [0.4, 0.5) is 5.69 Å². The third-order valence-corrected chi connectivity index (χ3v) is 4.37. The fraction of sp³-hybridized carbons (Fsp3) is 0.150. The van der Waals surface area contributed by atoms with Crippen LogP contribution < -0.4 is 10.1 Å². The molecule has 0 heterocycles. The first kappa shape index (κ1) is 17.3. The summed E-state index contributed by atoms with van der Waals surface area (Å²) in [7, 11) is 0. The molecule has 0 aliphatic carbocycles. The highest BCUT2D eigenvalue weighted by molar-refractivity contribution is 9.10. The number of anilines is 1. The maximum Gasteiger partial charge on any atom is 0.325 e. The largest absolute Gasteiger partial charge is 0.487 e. The van der Waals surface area contributed by atoms with Crippen LogP contribution in [0.15, 0.2) is 65.1 Å². The molecule has 0 fully saturated rings. The number of aliphatic carboxylic acids is 1. The summed E-state index contributed by atoms with van der Waals surface area (Å²) in [6.07, 6.45) is 0. The van der Waals surface area contributed by atoms with Crippen molar-refractivity contribution in [1.82, 2.24) is 0 Å². The Balaban J connectivity index is 1.95. The van der Waals surface area contributed by atoms with Gasteiger partial charge in [0.25, 0.3) is 0 Å². The maximum absolute atomic E-state index is 11.2. The van der Waals surface area contributed by atoms with Crippen molar-refractivity contribution >= 4 is 38.4 Å². The van der Waals surface area contributed by atoms with E-state index in [1.165, 1.54) is 0 Å². The lowest BCUT2D eigenvalue weighted by Gasteiger charge is -2.17. The average molecular weight is 400 g/mol. The van der Waals surface area contributed by atoms with E-state index in [0.717, 1.165) is 20.8 Å². The van der Waals surface area contributed by atoms with Crippen LogP contribution in [0.25, 0.3) is 10.8 Å². The molecule has 128 valence electrons. The molecular formula is C20H18BrNO3. The van der Waals surface area contributed by atoms with Crippen LogP contribution in [0.1, 0.15) is 12.5 Å². The normalized spacial score (nSPS) is 11.9. The number of hydrogen-bond donors (Lipinski definition) is 2. The number of carbonyl (C=O) groups is 1. The Morgan fingerprint density at radius 1 is 1.12 bits per heavy atom. The van der Waals surface area contributed by atoms with Crippen LogP contribution in [-0.4, -0.2) is 17.1 Å². The van der Waals surface area contributed by atoms with E-state index in [1.54, 1.807) is 6.92 Å².